The summed E-state index contributed by atoms with van der Waals surface area (Å²) in [6.07, 6.45) is 1.71. The van der Waals surface area contributed by atoms with Crippen LogP contribution >= 0.6 is 0 Å². The predicted molar refractivity (Wildman–Crippen MR) is 121 cm³/mol. The Balaban J connectivity index is 1.65. The summed E-state index contributed by atoms with van der Waals surface area (Å²) >= 11 is 0. The Morgan fingerprint density at radius 2 is 1.84 bits per heavy atom. The minimum atomic E-state index is -0.356. The summed E-state index contributed by atoms with van der Waals surface area (Å²) in [4.78, 5) is 11.9. The van der Waals surface area contributed by atoms with Crippen LogP contribution in [0.2, 0.25) is 0 Å². The lowest BCUT2D eigenvalue weighted by Crippen LogP contribution is -2.09. The number of benzene rings is 3. The molecule has 0 fully saturated rings. The number of fused-ring (bicyclic) bond motifs is 1. The fourth-order valence-corrected chi connectivity index (χ4v) is 3.69. The van der Waals surface area contributed by atoms with Crippen molar-refractivity contribution in [1.29, 1.82) is 0 Å². The highest BCUT2D eigenvalue weighted by molar-refractivity contribution is 5.93. The number of esters is 1. The van der Waals surface area contributed by atoms with E-state index in [0.717, 1.165) is 16.5 Å². The highest BCUT2D eigenvalue weighted by atomic mass is 19.1. The second-order valence-electron chi connectivity index (χ2n) is 7.34. The van der Waals surface area contributed by atoms with Crippen LogP contribution < -0.4 is 10.5 Å². The first kappa shape index (κ1) is 21.6. The molecule has 0 radical (unpaired) electrons. The van der Waals surface area contributed by atoms with E-state index in [9.17, 15) is 4.79 Å². The van der Waals surface area contributed by atoms with Crippen molar-refractivity contribution in [3.05, 3.63) is 89.4 Å². The molecule has 164 valence electrons. The van der Waals surface area contributed by atoms with Crippen LogP contribution in [0.4, 0.5) is 4.39 Å². The first-order valence-corrected chi connectivity index (χ1v) is 10.4. The van der Waals surface area contributed by atoms with Gasteiger partial charge < -0.3 is 19.6 Å². The smallest absolute Gasteiger partial charge is 0.310 e. The Bertz CT molecular complexity index is 1250. The van der Waals surface area contributed by atoms with Gasteiger partial charge in [0.15, 0.2) is 0 Å². The van der Waals surface area contributed by atoms with E-state index in [1.54, 1.807) is 31.4 Å². The molecule has 0 aliphatic rings. The van der Waals surface area contributed by atoms with Crippen LogP contribution in [0.3, 0.4) is 0 Å². The van der Waals surface area contributed by atoms with Gasteiger partial charge in [0.1, 0.15) is 23.8 Å². The molecule has 0 saturated carbocycles. The van der Waals surface area contributed by atoms with Gasteiger partial charge in [-0.15, -0.1) is 0 Å². The van der Waals surface area contributed by atoms with Gasteiger partial charge in [-0.1, -0.05) is 36.4 Å². The quantitative estimate of drug-likeness (QED) is 0.378. The zero-order chi connectivity index (χ0) is 22.5. The fourth-order valence-electron chi connectivity index (χ4n) is 3.69. The van der Waals surface area contributed by atoms with E-state index < -0.39 is 0 Å². The number of ether oxygens (including phenoxy) is 2. The van der Waals surface area contributed by atoms with Crippen LogP contribution in [0, 0.1) is 5.82 Å². The summed E-state index contributed by atoms with van der Waals surface area (Å²) in [6, 6.07) is 18.2. The highest BCUT2D eigenvalue weighted by Crippen LogP contribution is 2.34. The second-order valence-corrected chi connectivity index (χ2v) is 7.34. The first-order chi connectivity index (χ1) is 15.6. The van der Waals surface area contributed by atoms with Gasteiger partial charge in [0.2, 0.25) is 0 Å². The molecule has 4 rings (SSSR count). The van der Waals surface area contributed by atoms with E-state index >= 15 is 4.39 Å². The molecule has 4 aromatic rings. The van der Waals surface area contributed by atoms with Crippen molar-refractivity contribution >= 4 is 16.9 Å². The summed E-state index contributed by atoms with van der Waals surface area (Å²) in [5.74, 6) is -0.0582. The maximum atomic E-state index is 15.0. The van der Waals surface area contributed by atoms with E-state index in [0.29, 0.717) is 34.6 Å². The molecule has 0 saturated heterocycles. The van der Waals surface area contributed by atoms with Gasteiger partial charge in [-0.05, 0) is 36.8 Å². The number of carbonyl (C=O) groups excluding carboxylic acids is 1. The predicted octanol–water partition coefficient (Wildman–Crippen LogP) is 5.38. The summed E-state index contributed by atoms with van der Waals surface area (Å²) < 4.78 is 31.8. The van der Waals surface area contributed by atoms with Gasteiger partial charge in [-0.3, -0.25) is 4.79 Å². The minimum absolute atomic E-state index is 0.112. The molecule has 0 bridgehead atoms. The van der Waals surface area contributed by atoms with Crippen LogP contribution in [0.1, 0.15) is 23.6 Å². The van der Waals surface area contributed by atoms with Gasteiger partial charge in [-0.2, -0.15) is 0 Å². The van der Waals surface area contributed by atoms with Gasteiger partial charge in [-0.25, -0.2) is 4.39 Å². The molecule has 3 aromatic carbocycles. The van der Waals surface area contributed by atoms with Crippen molar-refractivity contribution in [2.45, 2.75) is 26.5 Å². The van der Waals surface area contributed by atoms with Crippen LogP contribution in [0.15, 0.2) is 71.3 Å². The molecule has 1 aromatic heterocycles. The first-order valence-electron chi connectivity index (χ1n) is 10.4. The Hall–Kier alpha value is -3.64. The maximum Gasteiger partial charge on any atom is 0.310 e. The van der Waals surface area contributed by atoms with Crippen molar-refractivity contribution < 1.29 is 23.1 Å². The number of rotatable bonds is 8. The lowest BCUT2D eigenvalue weighted by molar-refractivity contribution is -0.142. The van der Waals surface area contributed by atoms with Gasteiger partial charge in [0.05, 0.1) is 19.3 Å². The summed E-state index contributed by atoms with van der Waals surface area (Å²) in [7, 11) is 0. The number of halogens is 1. The molecule has 0 aliphatic carbocycles. The number of para-hydroxylation sites is 1. The number of hydrogen-bond donors (Lipinski definition) is 1. The van der Waals surface area contributed by atoms with Gasteiger partial charge in [0.25, 0.3) is 0 Å². The van der Waals surface area contributed by atoms with Crippen LogP contribution in [0.25, 0.3) is 22.1 Å². The summed E-state index contributed by atoms with van der Waals surface area (Å²) in [5, 5.41) is 0.846. The lowest BCUT2D eigenvalue weighted by atomic mass is 9.98. The Morgan fingerprint density at radius 1 is 1.03 bits per heavy atom. The Labute approximate surface area is 185 Å². The molecule has 0 atom stereocenters. The fraction of sp³-hybridized carbons (Fsp3) is 0.192. The average molecular weight is 433 g/mol. The molecular weight excluding hydrogens is 409 g/mol. The Kier molecular flexibility index (Phi) is 6.52. The SMILES string of the molecule is CCOC(=O)Cc1ccccc1OCc1cc(-c2cccc(CN)c2F)c2occc2c1. The molecule has 2 N–H and O–H groups in total. The summed E-state index contributed by atoms with van der Waals surface area (Å²) in [5.41, 5.74) is 9.38. The van der Waals surface area contributed by atoms with Crippen molar-refractivity contribution in [3.8, 4) is 16.9 Å². The summed E-state index contributed by atoms with van der Waals surface area (Å²) in [6.45, 7) is 2.46. The zero-order valence-electron chi connectivity index (χ0n) is 17.8. The maximum absolute atomic E-state index is 15.0. The van der Waals surface area contributed by atoms with Crippen molar-refractivity contribution in [2.24, 2.45) is 5.73 Å². The van der Waals surface area contributed by atoms with Crippen molar-refractivity contribution in [2.75, 3.05) is 6.61 Å². The monoisotopic (exact) mass is 433 g/mol. The topological polar surface area (TPSA) is 74.7 Å². The molecule has 0 aliphatic heterocycles. The van der Waals surface area contributed by atoms with Crippen molar-refractivity contribution in [1.82, 2.24) is 0 Å². The molecule has 5 nitrogen and oxygen atoms in total. The molecular formula is C26H24FNO4. The van der Waals surface area contributed by atoms with Crippen LogP contribution in [-0.2, 0) is 29.1 Å². The third kappa shape index (κ3) is 4.50. The molecule has 6 heteroatoms. The van der Waals surface area contributed by atoms with Crippen LogP contribution in [-0.4, -0.2) is 12.6 Å². The Morgan fingerprint density at radius 3 is 2.66 bits per heavy atom. The number of nitrogens with two attached hydrogens (primary N) is 1. The molecule has 32 heavy (non-hydrogen) atoms. The third-order valence-corrected chi connectivity index (χ3v) is 5.21. The zero-order valence-corrected chi connectivity index (χ0v) is 17.8. The standard InChI is InChI=1S/C26H24FNO4/c1-2-30-24(29)14-18-6-3-4-9-23(18)32-16-17-12-19-10-11-31-26(19)22(13-17)21-8-5-7-20(15-28)25(21)27/h3-13H,2,14-16,28H2,1H3. The third-order valence-electron chi connectivity index (χ3n) is 5.21. The number of hydrogen-bond acceptors (Lipinski definition) is 5. The van der Waals surface area contributed by atoms with E-state index in [-0.39, 0.29) is 31.4 Å². The second kappa shape index (κ2) is 9.66. The van der Waals surface area contributed by atoms with E-state index in [1.165, 1.54) is 0 Å². The minimum Gasteiger partial charge on any atom is -0.489 e. The molecule has 0 unspecified atom stereocenters. The van der Waals surface area contributed by atoms with E-state index in [4.69, 9.17) is 19.6 Å². The normalized spacial score (nSPS) is 11.0. The number of furan rings is 1. The largest absolute Gasteiger partial charge is 0.489 e. The molecule has 1 heterocycles. The van der Waals surface area contributed by atoms with Gasteiger partial charge in [0, 0.05) is 34.2 Å². The van der Waals surface area contributed by atoms with Crippen molar-refractivity contribution in [3.63, 3.8) is 0 Å². The highest BCUT2D eigenvalue weighted by Gasteiger charge is 2.16. The van der Waals surface area contributed by atoms with E-state index in [2.05, 4.69) is 0 Å². The lowest BCUT2D eigenvalue weighted by Gasteiger charge is -2.13. The van der Waals surface area contributed by atoms with E-state index in [1.807, 2.05) is 42.5 Å². The number of carbonyl (C=O) groups is 1. The molecule has 0 spiro atoms. The van der Waals surface area contributed by atoms with Crippen LogP contribution in [0.5, 0.6) is 5.75 Å². The van der Waals surface area contributed by atoms with Gasteiger partial charge >= 0.3 is 5.97 Å². The molecule has 0 amide bonds. The average Bonchev–Trinajstić information content (AvgIpc) is 3.27.